The Kier molecular flexibility index (Phi) is 6.87. The molecule has 19 heavy (non-hydrogen) atoms. The van der Waals surface area contributed by atoms with Crippen LogP contribution in [0.25, 0.3) is 0 Å². The van der Waals surface area contributed by atoms with E-state index in [0.29, 0.717) is 12.5 Å². The van der Waals surface area contributed by atoms with Gasteiger partial charge in [0.15, 0.2) is 0 Å². The Balaban J connectivity index is 2.02. The van der Waals surface area contributed by atoms with Crippen molar-refractivity contribution in [2.24, 2.45) is 0 Å². The van der Waals surface area contributed by atoms with Crippen LogP contribution in [0.1, 0.15) is 24.8 Å². The minimum Gasteiger partial charge on any atom is -0.371 e. The molecule has 0 saturated carbocycles. The van der Waals surface area contributed by atoms with Gasteiger partial charge in [-0.3, -0.25) is 0 Å². The first-order chi connectivity index (χ1) is 8.99. The van der Waals surface area contributed by atoms with Crippen molar-refractivity contribution >= 4 is 0 Å². The number of hydrogen-bond acceptors (Lipinski definition) is 2. The van der Waals surface area contributed by atoms with Crippen molar-refractivity contribution < 1.29 is 17.9 Å². The summed E-state index contributed by atoms with van der Waals surface area (Å²) in [4.78, 5) is 0. The van der Waals surface area contributed by atoms with Gasteiger partial charge in [-0.1, -0.05) is 37.3 Å². The van der Waals surface area contributed by atoms with Crippen LogP contribution >= 0.6 is 0 Å². The van der Waals surface area contributed by atoms with E-state index in [-0.39, 0.29) is 6.61 Å². The summed E-state index contributed by atoms with van der Waals surface area (Å²) in [6.45, 7) is 2.26. The Labute approximate surface area is 112 Å². The summed E-state index contributed by atoms with van der Waals surface area (Å²) in [6.07, 6.45) is -3.29. The van der Waals surface area contributed by atoms with E-state index in [1.54, 1.807) is 0 Å². The zero-order chi connectivity index (χ0) is 14.1. The van der Waals surface area contributed by atoms with Gasteiger partial charge in [0, 0.05) is 6.54 Å². The highest BCUT2D eigenvalue weighted by molar-refractivity contribution is 5.18. The number of alkyl halides is 3. The fourth-order valence-electron chi connectivity index (χ4n) is 1.72. The van der Waals surface area contributed by atoms with E-state index in [9.17, 15) is 13.2 Å². The molecule has 1 aromatic rings. The van der Waals surface area contributed by atoms with Crippen molar-refractivity contribution in [2.75, 3.05) is 26.3 Å². The van der Waals surface area contributed by atoms with E-state index >= 15 is 0 Å². The molecular formula is C14H20F3NO. The molecule has 0 aromatic heterocycles. The van der Waals surface area contributed by atoms with Crippen LogP contribution in [0.2, 0.25) is 0 Å². The smallest absolute Gasteiger partial charge is 0.371 e. The Morgan fingerprint density at radius 2 is 1.84 bits per heavy atom. The molecule has 1 rings (SSSR count). The highest BCUT2D eigenvalue weighted by atomic mass is 19.4. The standard InChI is InChI=1S/C14H20F3NO/c1-12(13-5-3-2-4-6-13)7-8-18-9-10-19-11-14(15,16)17/h2-6,12,18H,7-11H2,1H3. The van der Waals surface area contributed by atoms with E-state index in [1.165, 1.54) is 5.56 Å². The minimum atomic E-state index is -4.23. The zero-order valence-corrected chi connectivity index (χ0v) is 11.0. The lowest BCUT2D eigenvalue weighted by Gasteiger charge is -2.12. The second kappa shape index (κ2) is 8.17. The molecule has 2 nitrogen and oxygen atoms in total. The van der Waals surface area contributed by atoms with Gasteiger partial charge in [-0.25, -0.2) is 0 Å². The molecule has 0 spiro atoms. The number of nitrogens with one attached hydrogen (secondary N) is 1. The molecule has 0 heterocycles. The number of rotatable bonds is 8. The molecule has 0 aliphatic heterocycles. The summed E-state index contributed by atoms with van der Waals surface area (Å²) >= 11 is 0. The molecule has 1 aromatic carbocycles. The van der Waals surface area contributed by atoms with E-state index in [2.05, 4.69) is 29.1 Å². The van der Waals surface area contributed by atoms with Crippen LogP contribution in [0.4, 0.5) is 13.2 Å². The molecule has 1 N–H and O–H groups in total. The lowest BCUT2D eigenvalue weighted by molar-refractivity contribution is -0.173. The third-order valence-electron chi connectivity index (χ3n) is 2.81. The maximum atomic E-state index is 11.8. The fourth-order valence-corrected chi connectivity index (χ4v) is 1.72. The maximum absolute atomic E-state index is 11.8. The third kappa shape index (κ3) is 7.85. The molecule has 5 heteroatoms. The molecule has 1 atom stereocenters. The second-order valence-corrected chi connectivity index (χ2v) is 4.52. The van der Waals surface area contributed by atoms with E-state index in [0.717, 1.165) is 13.0 Å². The molecule has 0 amide bonds. The van der Waals surface area contributed by atoms with Gasteiger partial charge >= 0.3 is 6.18 Å². The first-order valence-corrected chi connectivity index (χ1v) is 6.39. The average Bonchev–Trinajstić information content (AvgIpc) is 2.37. The Bertz CT molecular complexity index is 340. The minimum absolute atomic E-state index is 0.0826. The Morgan fingerprint density at radius 3 is 2.47 bits per heavy atom. The van der Waals surface area contributed by atoms with Gasteiger partial charge in [-0.2, -0.15) is 13.2 Å². The summed E-state index contributed by atoms with van der Waals surface area (Å²) in [5, 5.41) is 3.08. The Morgan fingerprint density at radius 1 is 1.16 bits per heavy atom. The van der Waals surface area contributed by atoms with Crippen LogP contribution in [0.15, 0.2) is 30.3 Å². The Hall–Kier alpha value is -1.07. The molecule has 0 saturated heterocycles. The van der Waals surface area contributed by atoms with Crippen LogP contribution in [0.3, 0.4) is 0 Å². The molecule has 1 unspecified atom stereocenters. The molecule has 0 aliphatic rings. The van der Waals surface area contributed by atoms with Crippen molar-refractivity contribution in [2.45, 2.75) is 25.4 Å². The average molecular weight is 275 g/mol. The van der Waals surface area contributed by atoms with Crippen molar-refractivity contribution in [3.8, 4) is 0 Å². The molecule has 0 aliphatic carbocycles. The summed E-state index contributed by atoms with van der Waals surface area (Å²) in [5.41, 5.74) is 1.28. The summed E-state index contributed by atoms with van der Waals surface area (Å²) < 4.78 is 39.8. The van der Waals surface area contributed by atoms with Gasteiger partial charge in [0.2, 0.25) is 0 Å². The van der Waals surface area contributed by atoms with Gasteiger partial charge in [0.05, 0.1) is 6.61 Å². The summed E-state index contributed by atoms with van der Waals surface area (Å²) in [6, 6.07) is 10.1. The van der Waals surface area contributed by atoms with Gasteiger partial charge in [-0.15, -0.1) is 0 Å². The van der Waals surface area contributed by atoms with Crippen molar-refractivity contribution in [1.29, 1.82) is 0 Å². The summed E-state index contributed by atoms with van der Waals surface area (Å²) in [7, 11) is 0. The monoisotopic (exact) mass is 275 g/mol. The maximum Gasteiger partial charge on any atom is 0.411 e. The van der Waals surface area contributed by atoms with Crippen LogP contribution in [-0.2, 0) is 4.74 Å². The van der Waals surface area contributed by atoms with Crippen LogP contribution in [0.5, 0.6) is 0 Å². The lowest BCUT2D eigenvalue weighted by atomic mass is 9.98. The highest BCUT2D eigenvalue weighted by Gasteiger charge is 2.27. The van der Waals surface area contributed by atoms with Gasteiger partial charge in [0.25, 0.3) is 0 Å². The van der Waals surface area contributed by atoms with Gasteiger partial charge in [-0.05, 0) is 24.4 Å². The van der Waals surface area contributed by atoms with Crippen LogP contribution in [-0.4, -0.2) is 32.5 Å². The predicted molar refractivity (Wildman–Crippen MR) is 69.2 cm³/mol. The number of halogens is 3. The number of hydrogen-bond donors (Lipinski definition) is 1. The first-order valence-electron chi connectivity index (χ1n) is 6.39. The second-order valence-electron chi connectivity index (χ2n) is 4.52. The lowest BCUT2D eigenvalue weighted by Crippen LogP contribution is -2.25. The topological polar surface area (TPSA) is 21.3 Å². The van der Waals surface area contributed by atoms with E-state index < -0.39 is 12.8 Å². The van der Waals surface area contributed by atoms with Crippen LogP contribution < -0.4 is 5.32 Å². The number of ether oxygens (including phenoxy) is 1. The zero-order valence-electron chi connectivity index (χ0n) is 11.0. The van der Waals surface area contributed by atoms with Crippen molar-refractivity contribution in [1.82, 2.24) is 5.32 Å². The fraction of sp³-hybridized carbons (Fsp3) is 0.571. The van der Waals surface area contributed by atoms with Crippen molar-refractivity contribution in [3.05, 3.63) is 35.9 Å². The third-order valence-corrected chi connectivity index (χ3v) is 2.81. The van der Waals surface area contributed by atoms with E-state index in [1.807, 2.05) is 18.2 Å². The van der Waals surface area contributed by atoms with E-state index in [4.69, 9.17) is 0 Å². The first kappa shape index (κ1) is 16.0. The molecule has 108 valence electrons. The highest BCUT2D eigenvalue weighted by Crippen LogP contribution is 2.17. The molecule has 0 fully saturated rings. The van der Waals surface area contributed by atoms with Gasteiger partial charge < -0.3 is 10.1 Å². The predicted octanol–water partition coefficient (Wildman–Crippen LogP) is 3.35. The van der Waals surface area contributed by atoms with Gasteiger partial charge in [0.1, 0.15) is 6.61 Å². The summed E-state index contributed by atoms with van der Waals surface area (Å²) in [5.74, 6) is 0.435. The number of benzene rings is 1. The SMILES string of the molecule is CC(CCNCCOCC(F)(F)F)c1ccccc1. The normalized spacial score (nSPS) is 13.5. The molecule has 0 bridgehead atoms. The molecular weight excluding hydrogens is 255 g/mol. The van der Waals surface area contributed by atoms with Crippen LogP contribution in [0, 0.1) is 0 Å². The van der Waals surface area contributed by atoms with Crippen molar-refractivity contribution in [3.63, 3.8) is 0 Å². The quantitative estimate of drug-likeness (QED) is 0.735. The largest absolute Gasteiger partial charge is 0.411 e. The molecule has 0 radical (unpaired) electrons.